The van der Waals surface area contributed by atoms with Crippen LogP contribution in [0, 0.1) is 0 Å². The summed E-state index contributed by atoms with van der Waals surface area (Å²) in [7, 11) is 0. The fraction of sp³-hybridized carbons (Fsp3) is 0. The van der Waals surface area contributed by atoms with Crippen LogP contribution >= 0.6 is 0 Å². The molecule has 0 atom stereocenters. The smallest absolute Gasteiger partial charge is 0.143 e. The van der Waals surface area contributed by atoms with Gasteiger partial charge in [-0.1, -0.05) is 127 Å². The number of hydrogen-bond donors (Lipinski definition) is 0. The maximum atomic E-state index is 6.59. The quantitative estimate of drug-likeness (QED) is 0.186. The molecule has 0 unspecified atom stereocenters. The van der Waals surface area contributed by atoms with E-state index in [0.717, 1.165) is 61.1 Å². The Hall–Kier alpha value is -6.32. The van der Waals surface area contributed by atoms with Gasteiger partial charge in [-0.15, -0.1) is 0 Å². The monoisotopic (exact) mass is 596 g/mol. The first-order chi connectivity index (χ1) is 23.3. The highest BCUT2D eigenvalue weighted by Crippen LogP contribution is 2.51. The number of rotatable bonds is 2. The topological polar surface area (TPSA) is 38.9 Å². The maximum Gasteiger partial charge on any atom is 0.143 e. The lowest BCUT2D eigenvalue weighted by Gasteiger charge is -2.19. The van der Waals surface area contributed by atoms with Gasteiger partial charge in [0.25, 0.3) is 0 Å². The summed E-state index contributed by atoms with van der Waals surface area (Å²) >= 11 is 0. The lowest BCUT2D eigenvalue weighted by molar-refractivity contribution is 0.670. The molecule has 0 amide bonds. The third-order valence-electron chi connectivity index (χ3n) is 10.00. The van der Waals surface area contributed by atoms with Crippen LogP contribution in [0.2, 0.25) is 0 Å². The molecule has 1 aliphatic rings. The van der Waals surface area contributed by atoms with Crippen LogP contribution in [0.3, 0.4) is 0 Å². The highest BCUT2D eigenvalue weighted by Gasteiger charge is 2.27. The minimum absolute atomic E-state index is 0.908. The second-order valence-corrected chi connectivity index (χ2v) is 12.4. The average Bonchev–Trinajstić information content (AvgIpc) is 3.66. The van der Waals surface area contributed by atoms with Gasteiger partial charge in [0.2, 0.25) is 0 Å². The Bertz CT molecular complexity index is 2860. The van der Waals surface area contributed by atoms with E-state index in [-0.39, 0.29) is 0 Å². The first-order valence-corrected chi connectivity index (χ1v) is 16.0. The number of nitrogens with zero attached hydrogens (tertiary/aromatic N) is 2. The second kappa shape index (κ2) is 9.12. The van der Waals surface area contributed by atoms with Crippen LogP contribution in [0.25, 0.3) is 110 Å². The summed E-state index contributed by atoms with van der Waals surface area (Å²) in [6.07, 6.45) is 0. The third-order valence-corrected chi connectivity index (χ3v) is 10.00. The predicted molar refractivity (Wildman–Crippen MR) is 195 cm³/mol. The Kier molecular flexibility index (Phi) is 4.84. The number of fused-ring (bicyclic) bond motifs is 9. The van der Waals surface area contributed by atoms with Crippen molar-refractivity contribution in [1.29, 1.82) is 0 Å². The molecule has 0 aliphatic heterocycles. The second-order valence-electron chi connectivity index (χ2n) is 12.4. The number of benzene rings is 8. The molecule has 2 aromatic heterocycles. The van der Waals surface area contributed by atoms with Crippen LogP contribution in [-0.4, -0.2) is 9.97 Å². The number of para-hydroxylation sites is 4. The van der Waals surface area contributed by atoms with Gasteiger partial charge in [-0.2, -0.15) is 0 Å². The van der Waals surface area contributed by atoms with Crippen LogP contribution in [0.5, 0.6) is 0 Å². The molecule has 0 N–H and O–H groups in total. The standard InChI is InChI=1S/C44H24N2O/c1-3-14-28-26(12-1)39(27-13-2-4-15-29(27)40(28)35-19-10-17-32-25-11-5-8-22-38(25)47-44(32)35)31-23-24-34-41-30(31)16-9-18-33(41)42-43(34)46-37-21-7-6-20-36(37)45-42/h1-24H. The summed E-state index contributed by atoms with van der Waals surface area (Å²) in [6.45, 7) is 0. The molecule has 0 radical (unpaired) electrons. The van der Waals surface area contributed by atoms with Crippen LogP contribution < -0.4 is 0 Å². The van der Waals surface area contributed by atoms with E-state index in [4.69, 9.17) is 14.4 Å². The molecule has 47 heavy (non-hydrogen) atoms. The van der Waals surface area contributed by atoms with Crippen molar-refractivity contribution in [3.8, 4) is 44.8 Å². The molecular formula is C44H24N2O. The van der Waals surface area contributed by atoms with E-state index in [0.29, 0.717) is 0 Å². The first-order valence-electron chi connectivity index (χ1n) is 16.0. The first kappa shape index (κ1) is 24.9. The zero-order valence-electron chi connectivity index (χ0n) is 25.2. The lowest BCUT2D eigenvalue weighted by Crippen LogP contribution is -1.92. The molecule has 3 heteroatoms. The van der Waals surface area contributed by atoms with Gasteiger partial charge in [-0.05, 0) is 56.3 Å². The molecule has 3 nitrogen and oxygen atoms in total. The molecule has 10 aromatic rings. The normalized spacial score (nSPS) is 12.3. The van der Waals surface area contributed by atoms with Gasteiger partial charge in [0, 0.05) is 38.4 Å². The predicted octanol–water partition coefficient (Wildman–Crippen LogP) is 12.0. The lowest BCUT2D eigenvalue weighted by atomic mass is 9.84. The summed E-state index contributed by atoms with van der Waals surface area (Å²) in [5.41, 5.74) is 12.6. The van der Waals surface area contributed by atoms with Crippen LogP contribution in [0.1, 0.15) is 0 Å². The van der Waals surface area contributed by atoms with Gasteiger partial charge >= 0.3 is 0 Å². The molecule has 1 aliphatic carbocycles. The van der Waals surface area contributed by atoms with Crippen LogP contribution in [0.15, 0.2) is 150 Å². The van der Waals surface area contributed by atoms with Crippen molar-refractivity contribution in [1.82, 2.24) is 9.97 Å². The van der Waals surface area contributed by atoms with E-state index in [2.05, 4.69) is 115 Å². The average molecular weight is 597 g/mol. The molecular weight excluding hydrogens is 572 g/mol. The summed E-state index contributed by atoms with van der Waals surface area (Å²) in [5, 5.41) is 9.55. The van der Waals surface area contributed by atoms with Gasteiger partial charge in [-0.25, -0.2) is 9.97 Å². The highest BCUT2D eigenvalue weighted by molar-refractivity contribution is 6.27. The van der Waals surface area contributed by atoms with Gasteiger partial charge in [0.05, 0.1) is 22.4 Å². The van der Waals surface area contributed by atoms with Crippen LogP contribution in [0.4, 0.5) is 0 Å². The molecule has 11 rings (SSSR count). The maximum absolute atomic E-state index is 6.59. The Balaban J connectivity index is 1.25. The fourth-order valence-corrected chi connectivity index (χ4v) is 8.05. The summed E-state index contributed by atoms with van der Waals surface area (Å²) < 4.78 is 6.59. The molecule has 0 saturated heterocycles. The SMILES string of the molecule is c1ccc2nc3c(nc2c1)-c1cccc2c(-c4c5ccccc5c(-c5cccc6c5oc5ccccc56)c5ccccc45)ccc-3c12. The molecule has 0 bridgehead atoms. The summed E-state index contributed by atoms with van der Waals surface area (Å²) in [4.78, 5) is 10.2. The van der Waals surface area contributed by atoms with Crippen molar-refractivity contribution in [2.75, 3.05) is 0 Å². The number of furan rings is 1. The number of hydrogen-bond acceptors (Lipinski definition) is 3. The van der Waals surface area contributed by atoms with Crippen molar-refractivity contribution in [3.05, 3.63) is 146 Å². The molecule has 8 aromatic carbocycles. The Morgan fingerprint density at radius 3 is 1.47 bits per heavy atom. The van der Waals surface area contributed by atoms with Crippen LogP contribution in [-0.2, 0) is 0 Å². The third kappa shape index (κ3) is 3.30. The zero-order valence-corrected chi connectivity index (χ0v) is 25.2. The van der Waals surface area contributed by atoms with Gasteiger partial charge < -0.3 is 4.42 Å². The Morgan fingerprint density at radius 2 is 0.809 bits per heavy atom. The number of aromatic nitrogens is 2. The van der Waals surface area contributed by atoms with Crippen molar-refractivity contribution in [3.63, 3.8) is 0 Å². The molecule has 0 saturated carbocycles. The minimum Gasteiger partial charge on any atom is -0.455 e. The Morgan fingerprint density at radius 1 is 0.340 bits per heavy atom. The molecule has 216 valence electrons. The van der Waals surface area contributed by atoms with E-state index in [1.54, 1.807) is 0 Å². The fourth-order valence-electron chi connectivity index (χ4n) is 8.05. The van der Waals surface area contributed by atoms with Crippen molar-refractivity contribution in [2.24, 2.45) is 0 Å². The van der Waals surface area contributed by atoms with E-state index < -0.39 is 0 Å². The minimum atomic E-state index is 0.908. The van der Waals surface area contributed by atoms with E-state index >= 15 is 0 Å². The molecule has 2 heterocycles. The summed E-state index contributed by atoms with van der Waals surface area (Å²) in [5.74, 6) is 0. The van der Waals surface area contributed by atoms with E-state index in [9.17, 15) is 0 Å². The van der Waals surface area contributed by atoms with Crippen molar-refractivity contribution in [2.45, 2.75) is 0 Å². The largest absolute Gasteiger partial charge is 0.455 e. The van der Waals surface area contributed by atoms with Gasteiger partial charge in [-0.3, -0.25) is 0 Å². The van der Waals surface area contributed by atoms with E-state index in [1.165, 1.54) is 49.0 Å². The van der Waals surface area contributed by atoms with E-state index in [1.807, 2.05) is 30.3 Å². The summed E-state index contributed by atoms with van der Waals surface area (Å²) in [6, 6.07) is 51.8. The Labute approximate surface area is 269 Å². The molecule has 0 fully saturated rings. The zero-order chi connectivity index (χ0) is 30.6. The van der Waals surface area contributed by atoms with Gasteiger partial charge in [0.1, 0.15) is 11.2 Å². The highest BCUT2D eigenvalue weighted by atomic mass is 16.3. The van der Waals surface area contributed by atoms with Gasteiger partial charge in [0.15, 0.2) is 0 Å². The molecule has 0 spiro atoms. The van der Waals surface area contributed by atoms with Crippen molar-refractivity contribution >= 4 is 65.3 Å². The van der Waals surface area contributed by atoms with Crippen molar-refractivity contribution < 1.29 is 4.42 Å².